The third-order valence-electron chi connectivity index (χ3n) is 3.99. The molecule has 0 saturated carbocycles. The van der Waals surface area contributed by atoms with Crippen molar-refractivity contribution in [2.75, 3.05) is 20.3 Å². The number of rotatable bonds is 4. The van der Waals surface area contributed by atoms with Gasteiger partial charge in [-0.25, -0.2) is 0 Å². The first-order chi connectivity index (χ1) is 10.7. The summed E-state index contributed by atoms with van der Waals surface area (Å²) in [5.41, 5.74) is 3.77. The van der Waals surface area contributed by atoms with E-state index >= 15 is 0 Å². The minimum absolute atomic E-state index is 0.155. The summed E-state index contributed by atoms with van der Waals surface area (Å²) in [6, 6.07) is 12.4. The number of benzene rings is 2. The minimum Gasteiger partial charge on any atom is -0.495 e. The Morgan fingerprint density at radius 1 is 1.23 bits per heavy atom. The second-order valence-electron chi connectivity index (χ2n) is 5.32. The number of hydrogen-bond donors (Lipinski definition) is 1. The molecule has 0 spiro atoms. The van der Waals surface area contributed by atoms with Crippen LogP contribution in [-0.4, -0.2) is 20.3 Å². The lowest BCUT2D eigenvalue weighted by Crippen LogP contribution is -2.30. The fourth-order valence-corrected chi connectivity index (χ4v) is 3.22. The van der Waals surface area contributed by atoms with Crippen molar-refractivity contribution in [1.82, 2.24) is 5.32 Å². The van der Waals surface area contributed by atoms with Crippen LogP contribution in [0.5, 0.6) is 11.5 Å². The summed E-state index contributed by atoms with van der Waals surface area (Å²) in [7, 11) is 1.63. The number of hydrogen-bond acceptors (Lipinski definition) is 3. The van der Waals surface area contributed by atoms with E-state index in [4.69, 9.17) is 21.1 Å². The van der Waals surface area contributed by atoms with Crippen molar-refractivity contribution in [2.45, 2.75) is 19.4 Å². The highest BCUT2D eigenvalue weighted by molar-refractivity contribution is 6.32. The molecular weight excluding hydrogens is 298 g/mol. The first-order valence-corrected chi connectivity index (χ1v) is 7.93. The summed E-state index contributed by atoms with van der Waals surface area (Å²) in [6.07, 6.45) is 1.01. The summed E-state index contributed by atoms with van der Waals surface area (Å²) in [5, 5.41) is 4.21. The molecule has 1 aliphatic heterocycles. The van der Waals surface area contributed by atoms with Gasteiger partial charge in [0, 0.05) is 6.54 Å². The molecule has 1 unspecified atom stereocenters. The van der Waals surface area contributed by atoms with E-state index in [2.05, 4.69) is 23.5 Å². The monoisotopic (exact) mass is 317 g/mol. The molecule has 4 heteroatoms. The van der Waals surface area contributed by atoms with E-state index in [1.54, 1.807) is 7.11 Å². The lowest BCUT2D eigenvalue weighted by molar-refractivity contribution is 0.339. The maximum Gasteiger partial charge on any atom is 0.137 e. The van der Waals surface area contributed by atoms with Gasteiger partial charge in [-0.1, -0.05) is 23.7 Å². The zero-order valence-corrected chi connectivity index (χ0v) is 13.6. The van der Waals surface area contributed by atoms with E-state index in [1.165, 1.54) is 11.1 Å². The number of methoxy groups -OCH3 is 1. The SMILES string of the molecule is CCOc1ccc2c(c1)CCNC2c1ccc(OC)c(Cl)c1. The van der Waals surface area contributed by atoms with Crippen LogP contribution >= 0.6 is 11.6 Å². The van der Waals surface area contributed by atoms with Gasteiger partial charge in [0.1, 0.15) is 11.5 Å². The van der Waals surface area contributed by atoms with Crippen LogP contribution in [0.3, 0.4) is 0 Å². The van der Waals surface area contributed by atoms with Crippen molar-refractivity contribution in [3.8, 4) is 11.5 Å². The van der Waals surface area contributed by atoms with Crippen molar-refractivity contribution in [1.29, 1.82) is 0 Å². The average Bonchev–Trinajstić information content (AvgIpc) is 2.54. The molecule has 2 aromatic carbocycles. The van der Waals surface area contributed by atoms with E-state index in [-0.39, 0.29) is 6.04 Å². The second-order valence-corrected chi connectivity index (χ2v) is 5.73. The van der Waals surface area contributed by atoms with Gasteiger partial charge in [0.25, 0.3) is 0 Å². The molecule has 0 fully saturated rings. The van der Waals surface area contributed by atoms with Crippen molar-refractivity contribution >= 4 is 11.6 Å². The van der Waals surface area contributed by atoms with E-state index in [9.17, 15) is 0 Å². The van der Waals surface area contributed by atoms with Crippen LogP contribution in [-0.2, 0) is 6.42 Å². The topological polar surface area (TPSA) is 30.5 Å². The molecule has 3 nitrogen and oxygen atoms in total. The Balaban J connectivity index is 1.96. The zero-order chi connectivity index (χ0) is 15.5. The molecule has 3 rings (SSSR count). The van der Waals surface area contributed by atoms with Crippen molar-refractivity contribution < 1.29 is 9.47 Å². The van der Waals surface area contributed by atoms with Gasteiger partial charge in [0.05, 0.1) is 24.8 Å². The van der Waals surface area contributed by atoms with Crippen LogP contribution in [0.1, 0.15) is 29.7 Å². The first kappa shape index (κ1) is 15.2. The largest absolute Gasteiger partial charge is 0.495 e. The number of fused-ring (bicyclic) bond motifs is 1. The van der Waals surface area contributed by atoms with Crippen molar-refractivity contribution in [3.63, 3.8) is 0 Å². The van der Waals surface area contributed by atoms with E-state index in [0.717, 1.165) is 24.3 Å². The third kappa shape index (κ3) is 2.92. The van der Waals surface area contributed by atoms with E-state index in [0.29, 0.717) is 17.4 Å². The van der Waals surface area contributed by atoms with Gasteiger partial charge >= 0.3 is 0 Å². The highest BCUT2D eigenvalue weighted by Gasteiger charge is 2.22. The van der Waals surface area contributed by atoms with Crippen LogP contribution in [0.15, 0.2) is 36.4 Å². The average molecular weight is 318 g/mol. The molecule has 0 bridgehead atoms. The first-order valence-electron chi connectivity index (χ1n) is 7.55. The van der Waals surface area contributed by atoms with Crippen LogP contribution in [0.2, 0.25) is 5.02 Å². The molecule has 0 aliphatic carbocycles. The molecule has 1 heterocycles. The summed E-state index contributed by atoms with van der Waals surface area (Å²) >= 11 is 6.27. The minimum atomic E-state index is 0.155. The highest BCUT2D eigenvalue weighted by atomic mass is 35.5. The fraction of sp³-hybridized carbons (Fsp3) is 0.333. The second kappa shape index (κ2) is 6.59. The van der Waals surface area contributed by atoms with Gasteiger partial charge in [0.2, 0.25) is 0 Å². The van der Waals surface area contributed by atoms with Gasteiger partial charge in [-0.3, -0.25) is 0 Å². The maximum atomic E-state index is 6.27. The van der Waals surface area contributed by atoms with Gasteiger partial charge in [0.15, 0.2) is 0 Å². The Labute approximate surface area is 136 Å². The molecule has 1 aliphatic rings. The van der Waals surface area contributed by atoms with Crippen molar-refractivity contribution in [2.24, 2.45) is 0 Å². The molecular formula is C18H20ClNO2. The lowest BCUT2D eigenvalue weighted by Gasteiger charge is -2.28. The molecule has 0 amide bonds. The normalized spacial score (nSPS) is 17.0. The summed E-state index contributed by atoms with van der Waals surface area (Å²) in [6.45, 7) is 3.63. The third-order valence-corrected chi connectivity index (χ3v) is 4.28. The van der Waals surface area contributed by atoms with Crippen LogP contribution in [0, 0.1) is 0 Å². The van der Waals surface area contributed by atoms with Gasteiger partial charge < -0.3 is 14.8 Å². The Morgan fingerprint density at radius 3 is 2.82 bits per heavy atom. The molecule has 0 radical (unpaired) electrons. The van der Waals surface area contributed by atoms with Crippen LogP contribution in [0.25, 0.3) is 0 Å². The lowest BCUT2D eigenvalue weighted by atomic mass is 9.89. The zero-order valence-electron chi connectivity index (χ0n) is 12.9. The van der Waals surface area contributed by atoms with Gasteiger partial charge in [-0.2, -0.15) is 0 Å². The Hall–Kier alpha value is -1.71. The van der Waals surface area contributed by atoms with Crippen molar-refractivity contribution in [3.05, 3.63) is 58.1 Å². The Bertz CT molecular complexity index is 672. The number of ether oxygens (including phenoxy) is 2. The van der Waals surface area contributed by atoms with E-state index in [1.807, 2.05) is 25.1 Å². The molecule has 116 valence electrons. The summed E-state index contributed by atoms with van der Waals surface area (Å²) in [4.78, 5) is 0. The molecule has 0 saturated heterocycles. The smallest absolute Gasteiger partial charge is 0.137 e. The molecule has 2 aromatic rings. The summed E-state index contributed by atoms with van der Waals surface area (Å²) in [5.74, 6) is 1.64. The van der Waals surface area contributed by atoms with Gasteiger partial charge in [-0.15, -0.1) is 0 Å². The number of halogens is 1. The summed E-state index contributed by atoms with van der Waals surface area (Å²) < 4.78 is 10.8. The maximum absolute atomic E-state index is 6.27. The van der Waals surface area contributed by atoms with Crippen LogP contribution in [0.4, 0.5) is 0 Å². The molecule has 22 heavy (non-hydrogen) atoms. The predicted octanol–water partition coefficient (Wildman–Crippen LogP) is 3.98. The molecule has 1 atom stereocenters. The highest BCUT2D eigenvalue weighted by Crippen LogP contribution is 2.34. The number of nitrogens with one attached hydrogen (secondary N) is 1. The quantitative estimate of drug-likeness (QED) is 0.925. The Kier molecular flexibility index (Phi) is 4.55. The van der Waals surface area contributed by atoms with Gasteiger partial charge in [-0.05, 0) is 54.3 Å². The van der Waals surface area contributed by atoms with E-state index < -0.39 is 0 Å². The van der Waals surface area contributed by atoms with Crippen LogP contribution < -0.4 is 14.8 Å². The Morgan fingerprint density at radius 2 is 2.09 bits per heavy atom. The predicted molar refractivity (Wildman–Crippen MR) is 89.2 cm³/mol. The molecule has 0 aromatic heterocycles. The standard InChI is InChI=1S/C18H20ClNO2/c1-3-22-14-5-6-15-12(10-14)8-9-20-18(15)13-4-7-17(21-2)16(19)11-13/h4-7,10-11,18,20H,3,8-9H2,1-2H3. The molecule has 1 N–H and O–H groups in total. The fourth-order valence-electron chi connectivity index (χ4n) is 2.96.